The first-order valence-electron chi connectivity index (χ1n) is 4.00. The normalized spacial score (nSPS) is 16.4. The molecule has 11 heavy (non-hydrogen) atoms. The average Bonchev–Trinajstić information content (AvgIpc) is 2.03. The van der Waals surface area contributed by atoms with E-state index in [2.05, 4.69) is 19.2 Å². The molecule has 0 amide bonds. The van der Waals surface area contributed by atoms with E-state index in [0.29, 0.717) is 19.3 Å². The molecule has 2 atom stereocenters. The van der Waals surface area contributed by atoms with Crippen LogP contribution in [0.1, 0.15) is 13.8 Å². The van der Waals surface area contributed by atoms with E-state index in [-0.39, 0.29) is 6.10 Å². The lowest BCUT2D eigenvalue weighted by atomic mass is 10.2. The van der Waals surface area contributed by atoms with Gasteiger partial charge >= 0.3 is 0 Å². The van der Waals surface area contributed by atoms with Crippen molar-refractivity contribution in [3.63, 3.8) is 0 Å². The monoisotopic (exact) mass is 161 g/mol. The summed E-state index contributed by atoms with van der Waals surface area (Å²) in [5.74, 6) is 0. The topological polar surface area (TPSA) is 30.5 Å². The Morgan fingerprint density at radius 3 is 2.36 bits per heavy atom. The number of likely N-dealkylation sites (N-methyl/N-ethyl adjacent to an activating group) is 1. The van der Waals surface area contributed by atoms with Gasteiger partial charge in [-0.15, -0.1) is 0 Å². The molecule has 0 saturated heterocycles. The fraction of sp³-hybridized carbons (Fsp3) is 1.00. The molecule has 0 aromatic heterocycles. The molecule has 0 aliphatic rings. The first-order valence-corrected chi connectivity index (χ1v) is 4.00. The van der Waals surface area contributed by atoms with Crippen LogP contribution < -0.4 is 5.32 Å². The zero-order valence-corrected chi connectivity index (χ0v) is 7.89. The maximum Gasteiger partial charge on any atom is 0.0704 e. The van der Waals surface area contributed by atoms with Gasteiger partial charge in [-0.05, 0) is 20.9 Å². The predicted octanol–water partition coefficient (Wildman–Crippen LogP) is 0.646. The number of hydrogen-bond acceptors (Lipinski definition) is 3. The van der Waals surface area contributed by atoms with Crippen LogP contribution in [0.25, 0.3) is 0 Å². The number of methoxy groups -OCH3 is 1. The Hall–Kier alpha value is -0.120. The molecule has 0 spiro atoms. The van der Waals surface area contributed by atoms with Gasteiger partial charge in [-0.3, -0.25) is 0 Å². The van der Waals surface area contributed by atoms with Crippen LogP contribution in [0, 0.1) is 0 Å². The zero-order chi connectivity index (χ0) is 8.69. The van der Waals surface area contributed by atoms with E-state index in [4.69, 9.17) is 9.47 Å². The predicted molar refractivity (Wildman–Crippen MR) is 45.8 cm³/mol. The third kappa shape index (κ3) is 5.18. The Kier molecular flexibility index (Phi) is 6.51. The second kappa shape index (κ2) is 6.58. The van der Waals surface area contributed by atoms with Crippen molar-refractivity contribution in [2.45, 2.75) is 26.0 Å². The van der Waals surface area contributed by atoms with Crippen LogP contribution in [0.4, 0.5) is 0 Å². The van der Waals surface area contributed by atoms with E-state index >= 15 is 0 Å². The minimum absolute atomic E-state index is 0.246. The van der Waals surface area contributed by atoms with Gasteiger partial charge in [0.2, 0.25) is 0 Å². The third-order valence-corrected chi connectivity index (χ3v) is 1.83. The number of hydrogen-bond donors (Lipinski definition) is 1. The summed E-state index contributed by atoms with van der Waals surface area (Å²) in [5, 5.41) is 3.13. The van der Waals surface area contributed by atoms with Crippen LogP contribution >= 0.6 is 0 Å². The van der Waals surface area contributed by atoms with Crippen LogP contribution in [0.2, 0.25) is 0 Å². The highest BCUT2D eigenvalue weighted by Crippen LogP contribution is 1.96. The van der Waals surface area contributed by atoms with Crippen molar-refractivity contribution in [1.82, 2.24) is 5.32 Å². The van der Waals surface area contributed by atoms with Crippen molar-refractivity contribution in [2.24, 2.45) is 0 Å². The summed E-state index contributed by atoms with van der Waals surface area (Å²) >= 11 is 0. The van der Waals surface area contributed by atoms with E-state index < -0.39 is 0 Å². The lowest BCUT2D eigenvalue weighted by Gasteiger charge is -2.19. The molecule has 0 radical (unpaired) electrons. The van der Waals surface area contributed by atoms with Crippen LogP contribution in [-0.2, 0) is 9.47 Å². The summed E-state index contributed by atoms with van der Waals surface area (Å²) in [6.45, 7) is 5.48. The largest absolute Gasteiger partial charge is 0.382 e. The Morgan fingerprint density at radius 1 is 1.27 bits per heavy atom. The molecule has 0 fully saturated rings. The van der Waals surface area contributed by atoms with Gasteiger partial charge in [-0.2, -0.15) is 0 Å². The lowest BCUT2D eigenvalue weighted by molar-refractivity contribution is 0.0122. The van der Waals surface area contributed by atoms with Crippen LogP contribution in [0.5, 0.6) is 0 Å². The van der Waals surface area contributed by atoms with E-state index in [1.165, 1.54) is 0 Å². The summed E-state index contributed by atoms with van der Waals surface area (Å²) in [7, 11) is 3.61. The van der Waals surface area contributed by atoms with E-state index in [0.717, 1.165) is 0 Å². The van der Waals surface area contributed by atoms with Crippen molar-refractivity contribution in [2.75, 3.05) is 27.4 Å². The fourth-order valence-corrected chi connectivity index (χ4v) is 0.696. The molecular formula is C8H19NO2. The van der Waals surface area contributed by atoms with Gasteiger partial charge in [0, 0.05) is 13.2 Å². The maximum absolute atomic E-state index is 5.45. The molecule has 0 aromatic rings. The highest BCUT2D eigenvalue weighted by atomic mass is 16.5. The number of rotatable bonds is 6. The second-order valence-electron chi connectivity index (χ2n) is 2.65. The molecule has 0 saturated carbocycles. The zero-order valence-electron chi connectivity index (χ0n) is 7.89. The molecule has 0 aromatic carbocycles. The van der Waals surface area contributed by atoms with E-state index in [9.17, 15) is 0 Å². The van der Waals surface area contributed by atoms with Crippen LogP contribution in [0.15, 0.2) is 0 Å². The Morgan fingerprint density at radius 2 is 1.91 bits per heavy atom. The molecular weight excluding hydrogens is 142 g/mol. The van der Waals surface area contributed by atoms with Gasteiger partial charge in [0.05, 0.1) is 19.3 Å². The first-order chi connectivity index (χ1) is 5.22. The number of nitrogens with one attached hydrogen (secondary N) is 1. The smallest absolute Gasteiger partial charge is 0.0704 e. The summed E-state index contributed by atoms with van der Waals surface area (Å²) < 4.78 is 10.3. The van der Waals surface area contributed by atoms with Crippen molar-refractivity contribution in [1.29, 1.82) is 0 Å². The van der Waals surface area contributed by atoms with Crippen molar-refractivity contribution < 1.29 is 9.47 Å². The van der Waals surface area contributed by atoms with Gasteiger partial charge in [-0.1, -0.05) is 0 Å². The first kappa shape index (κ1) is 10.9. The summed E-state index contributed by atoms with van der Waals surface area (Å²) in [4.78, 5) is 0. The van der Waals surface area contributed by atoms with Crippen molar-refractivity contribution in [3.05, 3.63) is 0 Å². The fourth-order valence-electron chi connectivity index (χ4n) is 0.696. The minimum atomic E-state index is 0.246. The molecule has 0 aliphatic heterocycles. The molecule has 0 bridgehead atoms. The highest BCUT2D eigenvalue weighted by Gasteiger charge is 2.08. The summed E-state index contributed by atoms with van der Waals surface area (Å²) in [6, 6.07) is 0.395. The quantitative estimate of drug-likeness (QED) is 0.580. The van der Waals surface area contributed by atoms with Gasteiger partial charge < -0.3 is 14.8 Å². The summed E-state index contributed by atoms with van der Waals surface area (Å²) in [5.41, 5.74) is 0. The molecule has 2 unspecified atom stereocenters. The maximum atomic E-state index is 5.45. The molecule has 3 heteroatoms. The van der Waals surface area contributed by atoms with Crippen LogP contribution in [-0.4, -0.2) is 39.5 Å². The van der Waals surface area contributed by atoms with E-state index in [1.807, 2.05) is 7.05 Å². The molecule has 0 heterocycles. The molecule has 0 rings (SSSR count). The van der Waals surface area contributed by atoms with E-state index in [1.54, 1.807) is 7.11 Å². The average molecular weight is 161 g/mol. The molecule has 0 aliphatic carbocycles. The van der Waals surface area contributed by atoms with Gasteiger partial charge in [0.1, 0.15) is 0 Å². The van der Waals surface area contributed by atoms with Crippen molar-refractivity contribution >= 4 is 0 Å². The Balaban J connectivity index is 3.28. The highest BCUT2D eigenvalue weighted by molar-refractivity contribution is 4.65. The van der Waals surface area contributed by atoms with Crippen LogP contribution in [0.3, 0.4) is 0 Å². The van der Waals surface area contributed by atoms with Gasteiger partial charge in [0.15, 0.2) is 0 Å². The van der Waals surface area contributed by atoms with Gasteiger partial charge in [0.25, 0.3) is 0 Å². The molecule has 68 valence electrons. The lowest BCUT2D eigenvalue weighted by Crippen LogP contribution is -2.35. The molecule has 1 N–H and O–H groups in total. The summed E-state index contributed by atoms with van der Waals surface area (Å²) in [6.07, 6.45) is 0.246. The standard InChI is InChI=1S/C8H19NO2/c1-7(9-3)8(2)11-6-5-10-4/h7-9H,5-6H2,1-4H3. The number of ether oxygens (including phenoxy) is 2. The Bertz CT molecular complexity index is 88.2. The SMILES string of the molecule is CNC(C)C(C)OCCOC. The Labute approximate surface area is 69.1 Å². The second-order valence-corrected chi connectivity index (χ2v) is 2.65. The third-order valence-electron chi connectivity index (χ3n) is 1.83. The van der Waals surface area contributed by atoms with Gasteiger partial charge in [-0.25, -0.2) is 0 Å². The molecule has 3 nitrogen and oxygen atoms in total. The van der Waals surface area contributed by atoms with Crippen molar-refractivity contribution in [3.8, 4) is 0 Å². The minimum Gasteiger partial charge on any atom is -0.382 e.